The van der Waals surface area contributed by atoms with E-state index in [0.717, 1.165) is 16.8 Å². The van der Waals surface area contributed by atoms with Crippen molar-refractivity contribution in [1.29, 1.82) is 0 Å². The van der Waals surface area contributed by atoms with Crippen molar-refractivity contribution < 1.29 is 23.7 Å². The van der Waals surface area contributed by atoms with Gasteiger partial charge in [0.05, 0.1) is 40.2 Å². The maximum Gasteiger partial charge on any atom is 0.242 e. The van der Waals surface area contributed by atoms with E-state index in [9.17, 15) is 4.79 Å². The number of amides is 1. The van der Waals surface area contributed by atoms with Crippen LogP contribution in [0.15, 0.2) is 41.5 Å². The second-order valence-electron chi connectivity index (χ2n) is 6.57. The van der Waals surface area contributed by atoms with Crippen molar-refractivity contribution in [3.63, 3.8) is 0 Å². The Hall–Kier alpha value is -3.22. The van der Waals surface area contributed by atoms with Crippen LogP contribution in [-0.4, -0.2) is 45.1 Å². The highest BCUT2D eigenvalue weighted by molar-refractivity contribution is 6.03. The standard InChI is InChI=1S/C22H26N2O5/c1-6-22(25)24-20(18-12-15(26-2)7-8-21(18)29-5)13-19(23-24)14-9-16(27-3)11-17(10-14)28-4/h7-12,20H,6,13H2,1-5H3/t20-/m0/s1. The molecule has 0 saturated heterocycles. The van der Waals surface area contributed by atoms with Crippen LogP contribution in [0.5, 0.6) is 23.0 Å². The molecule has 0 N–H and O–H groups in total. The van der Waals surface area contributed by atoms with Crippen molar-refractivity contribution in [3.8, 4) is 23.0 Å². The summed E-state index contributed by atoms with van der Waals surface area (Å²) >= 11 is 0. The molecular weight excluding hydrogens is 372 g/mol. The summed E-state index contributed by atoms with van der Waals surface area (Å²) in [7, 11) is 6.43. The quantitative estimate of drug-likeness (QED) is 0.709. The Morgan fingerprint density at radius 1 is 0.966 bits per heavy atom. The molecule has 1 aliphatic heterocycles. The monoisotopic (exact) mass is 398 g/mol. The van der Waals surface area contributed by atoms with Gasteiger partial charge in [-0.2, -0.15) is 5.10 Å². The number of carbonyl (C=O) groups excluding carboxylic acids is 1. The van der Waals surface area contributed by atoms with E-state index in [2.05, 4.69) is 5.10 Å². The van der Waals surface area contributed by atoms with Crippen molar-refractivity contribution in [1.82, 2.24) is 5.01 Å². The Morgan fingerprint density at radius 2 is 1.62 bits per heavy atom. The van der Waals surface area contributed by atoms with Crippen LogP contribution in [0.25, 0.3) is 0 Å². The van der Waals surface area contributed by atoms with Crippen LogP contribution in [0.4, 0.5) is 0 Å². The number of hydrazone groups is 1. The van der Waals surface area contributed by atoms with Crippen LogP contribution in [0, 0.1) is 0 Å². The molecule has 0 radical (unpaired) electrons. The average Bonchev–Trinajstić information content (AvgIpc) is 3.23. The van der Waals surface area contributed by atoms with Gasteiger partial charge < -0.3 is 18.9 Å². The van der Waals surface area contributed by atoms with Gasteiger partial charge in [-0.3, -0.25) is 4.79 Å². The molecule has 1 aliphatic rings. The fraction of sp³-hybridized carbons (Fsp3) is 0.364. The first-order valence-electron chi connectivity index (χ1n) is 9.39. The van der Waals surface area contributed by atoms with E-state index < -0.39 is 0 Å². The Morgan fingerprint density at radius 3 is 2.17 bits per heavy atom. The molecule has 154 valence electrons. The zero-order valence-electron chi connectivity index (χ0n) is 17.4. The Kier molecular flexibility index (Phi) is 6.26. The van der Waals surface area contributed by atoms with Crippen molar-refractivity contribution >= 4 is 11.6 Å². The van der Waals surface area contributed by atoms with E-state index >= 15 is 0 Å². The molecule has 0 bridgehead atoms. The normalized spacial score (nSPS) is 15.7. The summed E-state index contributed by atoms with van der Waals surface area (Å²) in [6.45, 7) is 1.82. The summed E-state index contributed by atoms with van der Waals surface area (Å²) in [5.74, 6) is 2.64. The fourth-order valence-corrected chi connectivity index (χ4v) is 3.39. The Balaban J connectivity index is 2.05. The molecule has 0 unspecified atom stereocenters. The van der Waals surface area contributed by atoms with Crippen molar-refractivity contribution in [2.24, 2.45) is 5.10 Å². The van der Waals surface area contributed by atoms with Crippen LogP contribution < -0.4 is 18.9 Å². The number of methoxy groups -OCH3 is 4. The average molecular weight is 398 g/mol. The van der Waals surface area contributed by atoms with Gasteiger partial charge in [0.25, 0.3) is 0 Å². The highest BCUT2D eigenvalue weighted by Gasteiger charge is 2.34. The predicted molar refractivity (Wildman–Crippen MR) is 110 cm³/mol. The summed E-state index contributed by atoms with van der Waals surface area (Å²) in [4.78, 5) is 12.7. The molecule has 1 amide bonds. The van der Waals surface area contributed by atoms with Crippen molar-refractivity contribution in [2.75, 3.05) is 28.4 Å². The smallest absolute Gasteiger partial charge is 0.242 e. The second kappa shape index (κ2) is 8.86. The van der Waals surface area contributed by atoms with Gasteiger partial charge in [-0.05, 0) is 30.3 Å². The van der Waals surface area contributed by atoms with E-state index in [1.165, 1.54) is 0 Å². The first-order valence-corrected chi connectivity index (χ1v) is 9.39. The third-order valence-electron chi connectivity index (χ3n) is 4.95. The van der Waals surface area contributed by atoms with E-state index in [1.807, 2.05) is 37.3 Å². The lowest BCUT2D eigenvalue weighted by atomic mass is 9.97. The molecule has 3 rings (SSSR count). The highest BCUT2D eigenvalue weighted by Crippen LogP contribution is 2.40. The summed E-state index contributed by atoms with van der Waals surface area (Å²) in [6, 6.07) is 10.9. The van der Waals surface area contributed by atoms with E-state index in [1.54, 1.807) is 39.5 Å². The van der Waals surface area contributed by atoms with E-state index in [0.29, 0.717) is 35.8 Å². The number of hydrogen-bond acceptors (Lipinski definition) is 6. The van der Waals surface area contributed by atoms with Crippen LogP contribution in [0.3, 0.4) is 0 Å². The predicted octanol–water partition coefficient (Wildman–Crippen LogP) is 3.81. The second-order valence-corrected chi connectivity index (χ2v) is 6.57. The molecule has 29 heavy (non-hydrogen) atoms. The van der Waals surface area contributed by atoms with Crippen LogP contribution in [-0.2, 0) is 4.79 Å². The third kappa shape index (κ3) is 4.13. The molecule has 7 heteroatoms. The number of carbonyl (C=O) groups is 1. The molecule has 0 saturated carbocycles. The number of hydrogen-bond donors (Lipinski definition) is 0. The van der Waals surface area contributed by atoms with Gasteiger partial charge in [0.2, 0.25) is 5.91 Å². The van der Waals surface area contributed by atoms with Crippen LogP contribution in [0.2, 0.25) is 0 Å². The van der Waals surface area contributed by atoms with Gasteiger partial charge in [-0.25, -0.2) is 5.01 Å². The molecule has 0 aromatic heterocycles. The van der Waals surface area contributed by atoms with Gasteiger partial charge >= 0.3 is 0 Å². The molecule has 0 aliphatic carbocycles. The lowest BCUT2D eigenvalue weighted by molar-refractivity contribution is -0.132. The maximum atomic E-state index is 12.7. The fourth-order valence-electron chi connectivity index (χ4n) is 3.39. The first-order chi connectivity index (χ1) is 14.0. The SMILES string of the molecule is CCC(=O)N1N=C(c2cc(OC)cc(OC)c2)C[C@H]1c1cc(OC)ccc1OC. The van der Waals surface area contributed by atoms with Crippen molar-refractivity contribution in [2.45, 2.75) is 25.8 Å². The highest BCUT2D eigenvalue weighted by atomic mass is 16.5. The van der Waals surface area contributed by atoms with Gasteiger partial charge in [0.15, 0.2) is 0 Å². The van der Waals surface area contributed by atoms with E-state index in [4.69, 9.17) is 18.9 Å². The zero-order chi connectivity index (χ0) is 21.0. The third-order valence-corrected chi connectivity index (χ3v) is 4.95. The number of ether oxygens (including phenoxy) is 4. The molecule has 2 aromatic carbocycles. The molecule has 1 atom stereocenters. The zero-order valence-corrected chi connectivity index (χ0v) is 17.4. The number of rotatable bonds is 7. The largest absolute Gasteiger partial charge is 0.497 e. The van der Waals surface area contributed by atoms with E-state index in [-0.39, 0.29) is 11.9 Å². The van der Waals surface area contributed by atoms with Gasteiger partial charge in [-0.1, -0.05) is 6.92 Å². The minimum Gasteiger partial charge on any atom is -0.497 e. The maximum absolute atomic E-state index is 12.7. The Labute approximate surface area is 170 Å². The lowest BCUT2D eigenvalue weighted by Crippen LogP contribution is -2.26. The number of nitrogens with zero attached hydrogens (tertiary/aromatic N) is 2. The molecule has 0 fully saturated rings. The van der Waals surface area contributed by atoms with Gasteiger partial charge in [-0.15, -0.1) is 0 Å². The molecule has 2 aromatic rings. The van der Waals surface area contributed by atoms with Crippen molar-refractivity contribution in [3.05, 3.63) is 47.5 Å². The summed E-state index contributed by atoms with van der Waals surface area (Å²) in [5.41, 5.74) is 2.47. The lowest BCUT2D eigenvalue weighted by Gasteiger charge is -2.23. The molecule has 7 nitrogen and oxygen atoms in total. The first kappa shape index (κ1) is 20.5. The van der Waals surface area contributed by atoms with Crippen LogP contribution >= 0.6 is 0 Å². The van der Waals surface area contributed by atoms with Gasteiger partial charge in [0, 0.05) is 30.0 Å². The summed E-state index contributed by atoms with van der Waals surface area (Å²) in [5, 5.41) is 6.20. The number of benzene rings is 2. The summed E-state index contributed by atoms with van der Waals surface area (Å²) < 4.78 is 21.7. The van der Waals surface area contributed by atoms with Gasteiger partial charge in [0.1, 0.15) is 23.0 Å². The molecular formula is C22H26N2O5. The topological polar surface area (TPSA) is 69.6 Å². The Bertz CT molecular complexity index is 903. The summed E-state index contributed by atoms with van der Waals surface area (Å²) in [6.07, 6.45) is 0.882. The minimum atomic E-state index is -0.292. The minimum absolute atomic E-state index is 0.0651. The molecule has 1 heterocycles. The van der Waals surface area contributed by atoms with Crippen LogP contribution in [0.1, 0.15) is 36.9 Å². The molecule has 0 spiro atoms.